The number of likely N-dealkylation sites (tertiary alicyclic amines) is 1. The summed E-state index contributed by atoms with van der Waals surface area (Å²) in [4.78, 5) is 7.41. The van der Waals surface area contributed by atoms with E-state index in [9.17, 15) is 0 Å². The van der Waals surface area contributed by atoms with Crippen molar-refractivity contribution >= 4 is 11.6 Å². The molecule has 0 unspecified atom stereocenters. The minimum atomic E-state index is 0.512. The van der Waals surface area contributed by atoms with Gasteiger partial charge in [0.15, 0.2) is 17.5 Å². The lowest BCUT2D eigenvalue weighted by Crippen LogP contribution is -2.36. The fourth-order valence-electron chi connectivity index (χ4n) is 3.60. The molecule has 1 aromatic carbocycles. The molecular weight excluding hydrogens is 356 g/mol. The molecule has 2 N–H and O–H groups in total. The van der Waals surface area contributed by atoms with E-state index in [0.29, 0.717) is 29.2 Å². The molecule has 1 fully saturated rings. The highest BCUT2D eigenvalue weighted by Crippen LogP contribution is 2.39. The van der Waals surface area contributed by atoms with E-state index in [4.69, 9.17) is 19.2 Å². The zero-order valence-corrected chi connectivity index (χ0v) is 18.2. The number of nitrogens with zero attached hydrogens (tertiary/aromatic N) is 2. The van der Waals surface area contributed by atoms with Gasteiger partial charge in [0.05, 0.1) is 27.9 Å². The van der Waals surface area contributed by atoms with Crippen LogP contribution in [-0.2, 0) is 0 Å². The van der Waals surface area contributed by atoms with E-state index in [2.05, 4.69) is 36.3 Å². The van der Waals surface area contributed by atoms with Crippen LogP contribution in [0.2, 0.25) is 0 Å². The van der Waals surface area contributed by atoms with Crippen LogP contribution in [-0.4, -0.2) is 64.4 Å². The molecule has 28 heavy (non-hydrogen) atoms. The van der Waals surface area contributed by atoms with Crippen LogP contribution >= 0.6 is 0 Å². The van der Waals surface area contributed by atoms with Gasteiger partial charge in [-0.15, -0.1) is 0 Å². The Morgan fingerprint density at radius 3 is 2.39 bits per heavy atom. The molecule has 1 aliphatic heterocycles. The topological polar surface area (TPSA) is 67.4 Å². The maximum Gasteiger partial charge on any atom is 0.203 e. The predicted octanol–water partition coefficient (Wildman–Crippen LogP) is 3.21. The number of hydrogen-bond acceptors (Lipinski definition) is 5. The number of benzene rings is 1. The molecule has 7 heteroatoms. The van der Waals surface area contributed by atoms with Crippen molar-refractivity contribution < 1.29 is 14.2 Å². The first kappa shape index (κ1) is 22.1. The third-order valence-electron chi connectivity index (χ3n) is 4.83. The Bertz CT molecular complexity index is 624. The summed E-state index contributed by atoms with van der Waals surface area (Å²) in [6.07, 6.45) is 2.46. The van der Waals surface area contributed by atoms with Crippen molar-refractivity contribution in [2.75, 3.05) is 52.8 Å². The van der Waals surface area contributed by atoms with Gasteiger partial charge in [-0.3, -0.25) is 9.89 Å². The average Bonchev–Trinajstić information content (AvgIpc) is 3.11. The minimum Gasteiger partial charge on any atom is -0.493 e. The highest BCUT2D eigenvalue weighted by Gasteiger charge is 2.24. The van der Waals surface area contributed by atoms with Gasteiger partial charge >= 0.3 is 0 Å². The largest absolute Gasteiger partial charge is 0.493 e. The van der Waals surface area contributed by atoms with Crippen molar-refractivity contribution in [1.29, 1.82) is 0 Å². The maximum atomic E-state index is 5.44. The number of rotatable bonds is 9. The fraction of sp³-hybridized carbons (Fsp3) is 0.667. The van der Waals surface area contributed by atoms with Crippen LogP contribution in [0.15, 0.2) is 17.1 Å². The van der Waals surface area contributed by atoms with E-state index < -0.39 is 0 Å². The number of guanidine groups is 1. The van der Waals surface area contributed by atoms with Crippen molar-refractivity contribution in [1.82, 2.24) is 10.2 Å². The third-order valence-corrected chi connectivity index (χ3v) is 4.83. The van der Waals surface area contributed by atoms with Gasteiger partial charge in [-0.25, -0.2) is 0 Å². The second-order valence-corrected chi connectivity index (χ2v) is 7.44. The number of anilines is 1. The second kappa shape index (κ2) is 11.0. The summed E-state index contributed by atoms with van der Waals surface area (Å²) in [6, 6.07) is 4.28. The predicted molar refractivity (Wildman–Crippen MR) is 115 cm³/mol. The summed E-state index contributed by atoms with van der Waals surface area (Å²) < 4.78 is 16.3. The first-order valence-electron chi connectivity index (χ1n) is 10.1. The quantitative estimate of drug-likeness (QED) is 0.497. The van der Waals surface area contributed by atoms with Crippen LogP contribution in [0, 0.1) is 5.92 Å². The molecule has 1 saturated heterocycles. The first-order valence-corrected chi connectivity index (χ1v) is 10.1. The van der Waals surface area contributed by atoms with Gasteiger partial charge in [-0.1, -0.05) is 13.8 Å². The van der Waals surface area contributed by atoms with Crippen LogP contribution in [0.4, 0.5) is 5.69 Å². The summed E-state index contributed by atoms with van der Waals surface area (Å²) in [5.41, 5.74) is 0.833. The van der Waals surface area contributed by atoms with Crippen molar-refractivity contribution in [2.24, 2.45) is 10.9 Å². The minimum absolute atomic E-state index is 0.512. The lowest BCUT2D eigenvalue weighted by atomic mass is 10.2. The van der Waals surface area contributed by atoms with E-state index in [1.807, 2.05) is 12.1 Å². The summed E-state index contributed by atoms with van der Waals surface area (Å²) in [5.74, 6) is 3.23. The van der Waals surface area contributed by atoms with Gasteiger partial charge in [0.2, 0.25) is 5.75 Å². The summed E-state index contributed by atoms with van der Waals surface area (Å²) >= 11 is 0. The second-order valence-electron chi connectivity index (χ2n) is 7.44. The molecular formula is C21H36N4O3. The monoisotopic (exact) mass is 392 g/mol. The van der Waals surface area contributed by atoms with Crippen molar-refractivity contribution in [3.05, 3.63) is 12.1 Å². The van der Waals surface area contributed by atoms with E-state index in [-0.39, 0.29) is 0 Å². The maximum absolute atomic E-state index is 5.44. The van der Waals surface area contributed by atoms with Crippen LogP contribution in [0.5, 0.6) is 17.2 Å². The summed E-state index contributed by atoms with van der Waals surface area (Å²) in [6.45, 7) is 10.5. The highest BCUT2D eigenvalue weighted by molar-refractivity contribution is 5.94. The molecule has 0 aromatic heterocycles. The fourth-order valence-corrected chi connectivity index (χ4v) is 3.60. The number of nitrogens with one attached hydrogen (secondary N) is 2. The molecule has 0 saturated carbocycles. The van der Waals surface area contributed by atoms with E-state index in [0.717, 1.165) is 31.3 Å². The molecule has 1 atom stereocenters. The van der Waals surface area contributed by atoms with Crippen molar-refractivity contribution in [3.63, 3.8) is 0 Å². The van der Waals surface area contributed by atoms with E-state index in [1.165, 1.54) is 19.4 Å². The molecule has 0 bridgehead atoms. The number of methoxy groups -OCH3 is 3. The lowest BCUT2D eigenvalue weighted by Gasteiger charge is -2.25. The molecule has 1 heterocycles. The summed E-state index contributed by atoms with van der Waals surface area (Å²) in [7, 11) is 4.83. The van der Waals surface area contributed by atoms with E-state index in [1.54, 1.807) is 21.3 Å². The van der Waals surface area contributed by atoms with Gasteiger partial charge in [0, 0.05) is 37.0 Å². The van der Waals surface area contributed by atoms with Gasteiger partial charge in [-0.2, -0.15) is 0 Å². The smallest absolute Gasteiger partial charge is 0.203 e. The van der Waals surface area contributed by atoms with Crippen LogP contribution < -0.4 is 24.8 Å². The Morgan fingerprint density at radius 2 is 1.86 bits per heavy atom. The average molecular weight is 393 g/mol. The van der Waals surface area contributed by atoms with Crippen LogP contribution in [0.25, 0.3) is 0 Å². The normalized spacial score (nSPS) is 17.7. The van der Waals surface area contributed by atoms with Crippen molar-refractivity contribution in [3.8, 4) is 17.2 Å². The van der Waals surface area contributed by atoms with Crippen LogP contribution in [0.3, 0.4) is 0 Å². The molecule has 158 valence electrons. The molecule has 1 aromatic rings. The van der Waals surface area contributed by atoms with E-state index >= 15 is 0 Å². The number of ether oxygens (including phenoxy) is 3. The molecule has 2 rings (SSSR count). The Kier molecular flexibility index (Phi) is 8.70. The lowest BCUT2D eigenvalue weighted by molar-refractivity contribution is 0.231. The SMILES string of the molecule is CCNC(=NC[C@H]1CCCN1CC(C)C)Nc1cc(OC)c(OC)c(OC)c1. The Hall–Kier alpha value is -2.15. The summed E-state index contributed by atoms with van der Waals surface area (Å²) in [5, 5.41) is 6.69. The number of hydrogen-bond donors (Lipinski definition) is 2. The molecule has 7 nitrogen and oxygen atoms in total. The Balaban J connectivity index is 2.14. The number of aliphatic imine (C=N–C) groups is 1. The van der Waals surface area contributed by atoms with Crippen molar-refractivity contribution in [2.45, 2.75) is 39.7 Å². The molecule has 0 spiro atoms. The molecule has 1 aliphatic rings. The molecule has 0 radical (unpaired) electrons. The zero-order valence-electron chi connectivity index (χ0n) is 18.2. The standard InChI is InChI=1S/C21H36N4O3/c1-7-22-21(23-13-17-9-8-10-25(17)14-15(2)3)24-16-11-18(26-4)20(28-6)19(12-16)27-5/h11-12,15,17H,7-10,13-14H2,1-6H3,(H2,22,23,24)/t17-/m1/s1. The van der Waals surface area contributed by atoms with Gasteiger partial charge in [0.1, 0.15) is 0 Å². The van der Waals surface area contributed by atoms with Crippen LogP contribution in [0.1, 0.15) is 33.6 Å². The Labute approximate surface area is 169 Å². The molecule has 0 aliphatic carbocycles. The Morgan fingerprint density at radius 1 is 1.18 bits per heavy atom. The first-order chi connectivity index (χ1) is 13.5. The molecule has 0 amide bonds. The third kappa shape index (κ3) is 5.92. The highest BCUT2D eigenvalue weighted by atomic mass is 16.5. The van der Waals surface area contributed by atoms with Gasteiger partial charge < -0.3 is 24.8 Å². The van der Waals surface area contributed by atoms with Gasteiger partial charge in [-0.05, 0) is 32.2 Å². The zero-order chi connectivity index (χ0) is 20.5. The van der Waals surface area contributed by atoms with Gasteiger partial charge in [0.25, 0.3) is 0 Å².